The first-order chi connectivity index (χ1) is 13.2. The summed E-state index contributed by atoms with van der Waals surface area (Å²) in [6.45, 7) is 5.30. The van der Waals surface area contributed by atoms with E-state index in [0.717, 1.165) is 16.5 Å². The van der Waals surface area contributed by atoms with Crippen LogP contribution in [0.25, 0.3) is 10.9 Å². The van der Waals surface area contributed by atoms with Gasteiger partial charge >= 0.3 is 12.1 Å². The number of hydrogen-bond acceptors (Lipinski definition) is 4. The Balaban J connectivity index is 1.90. The largest absolute Gasteiger partial charge is 0.480 e. The van der Waals surface area contributed by atoms with Gasteiger partial charge in [-0.3, -0.25) is 14.5 Å². The lowest BCUT2D eigenvalue weighted by Crippen LogP contribution is -2.60. The SMILES string of the molecule is CC(C)(C)OC(=O)N1CCN(CC(=O)O)C(=O)[C@@H]1Cc1c[nH]c2ccccc12. The van der Waals surface area contributed by atoms with Crippen LogP contribution in [0.2, 0.25) is 0 Å². The monoisotopic (exact) mass is 387 g/mol. The zero-order valence-electron chi connectivity index (χ0n) is 16.3. The smallest absolute Gasteiger partial charge is 0.411 e. The topological polar surface area (TPSA) is 103 Å². The molecule has 1 aromatic heterocycles. The Kier molecular flexibility index (Phi) is 5.31. The molecule has 1 aliphatic rings. The number of nitrogens with one attached hydrogen (secondary N) is 1. The summed E-state index contributed by atoms with van der Waals surface area (Å²) >= 11 is 0. The number of carboxylic acid groups (broad SMARTS) is 1. The van der Waals surface area contributed by atoms with Crippen molar-refractivity contribution < 1.29 is 24.2 Å². The Hall–Kier alpha value is -3.03. The second-order valence-electron chi connectivity index (χ2n) is 7.91. The molecule has 1 fully saturated rings. The van der Waals surface area contributed by atoms with Crippen molar-refractivity contribution in [1.29, 1.82) is 0 Å². The first-order valence-electron chi connectivity index (χ1n) is 9.21. The minimum absolute atomic E-state index is 0.161. The van der Waals surface area contributed by atoms with Gasteiger partial charge in [0, 0.05) is 36.6 Å². The van der Waals surface area contributed by atoms with Gasteiger partial charge in [0.25, 0.3) is 0 Å². The predicted molar refractivity (Wildman–Crippen MR) is 103 cm³/mol. The highest BCUT2D eigenvalue weighted by Gasteiger charge is 2.40. The first kappa shape index (κ1) is 19.7. The summed E-state index contributed by atoms with van der Waals surface area (Å²) in [6, 6.07) is 6.88. The second kappa shape index (κ2) is 7.53. The molecule has 2 N–H and O–H groups in total. The summed E-state index contributed by atoms with van der Waals surface area (Å²) in [5.41, 5.74) is 1.13. The maximum Gasteiger partial charge on any atom is 0.411 e. The Morgan fingerprint density at radius 2 is 1.96 bits per heavy atom. The van der Waals surface area contributed by atoms with Crippen LogP contribution in [0.4, 0.5) is 4.79 Å². The van der Waals surface area contributed by atoms with E-state index in [9.17, 15) is 14.4 Å². The lowest BCUT2D eigenvalue weighted by Gasteiger charge is -2.40. The van der Waals surface area contributed by atoms with Crippen LogP contribution in [-0.4, -0.2) is 69.1 Å². The number of carboxylic acids is 1. The number of piperazine rings is 1. The number of rotatable bonds is 4. The van der Waals surface area contributed by atoms with Crippen LogP contribution in [0.1, 0.15) is 26.3 Å². The minimum atomic E-state index is -1.08. The molecule has 1 aliphatic heterocycles. The molecule has 28 heavy (non-hydrogen) atoms. The molecule has 1 saturated heterocycles. The normalized spacial score (nSPS) is 17.8. The Labute approximate surface area is 163 Å². The van der Waals surface area contributed by atoms with Crippen molar-refractivity contribution in [2.24, 2.45) is 0 Å². The van der Waals surface area contributed by atoms with Gasteiger partial charge in [0.2, 0.25) is 5.91 Å². The predicted octanol–water partition coefficient (Wildman–Crippen LogP) is 2.24. The van der Waals surface area contributed by atoms with Crippen molar-refractivity contribution in [3.8, 4) is 0 Å². The molecule has 8 heteroatoms. The molecule has 150 valence electrons. The molecule has 0 spiro atoms. The van der Waals surface area contributed by atoms with Crippen molar-refractivity contribution in [2.75, 3.05) is 19.6 Å². The summed E-state index contributed by atoms with van der Waals surface area (Å²) in [5.74, 6) is -1.46. The number of amides is 2. The van der Waals surface area contributed by atoms with E-state index < -0.39 is 23.7 Å². The number of ether oxygens (including phenoxy) is 1. The van der Waals surface area contributed by atoms with E-state index in [1.165, 1.54) is 9.80 Å². The van der Waals surface area contributed by atoms with E-state index in [1.54, 1.807) is 20.8 Å². The van der Waals surface area contributed by atoms with E-state index in [4.69, 9.17) is 9.84 Å². The van der Waals surface area contributed by atoms with E-state index in [0.29, 0.717) is 0 Å². The molecule has 1 atom stereocenters. The maximum atomic E-state index is 13.0. The summed E-state index contributed by atoms with van der Waals surface area (Å²) in [6.07, 6.45) is 1.53. The van der Waals surface area contributed by atoms with Crippen molar-refractivity contribution in [2.45, 2.75) is 38.8 Å². The number of H-pyrrole nitrogens is 1. The highest BCUT2D eigenvalue weighted by molar-refractivity contribution is 5.91. The fourth-order valence-corrected chi connectivity index (χ4v) is 3.40. The van der Waals surface area contributed by atoms with Gasteiger partial charge in [0.15, 0.2) is 0 Å². The van der Waals surface area contributed by atoms with E-state index in [1.807, 2.05) is 30.5 Å². The third kappa shape index (κ3) is 4.27. The van der Waals surface area contributed by atoms with Gasteiger partial charge in [-0.25, -0.2) is 4.79 Å². The quantitative estimate of drug-likeness (QED) is 0.838. The van der Waals surface area contributed by atoms with Crippen LogP contribution in [0.3, 0.4) is 0 Å². The van der Waals surface area contributed by atoms with Crippen LogP contribution < -0.4 is 0 Å². The zero-order chi connectivity index (χ0) is 20.5. The molecular formula is C20H25N3O5. The Morgan fingerprint density at radius 1 is 1.25 bits per heavy atom. The van der Waals surface area contributed by atoms with Gasteiger partial charge in [-0.05, 0) is 32.4 Å². The summed E-state index contributed by atoms with van der Waals surface area (Å²) in [5, 5.41) is 10.1. The average molecular weight is 387 g/mol. The van der Waals surface area contributed by atoms with Gasteiger partial charge in [-0.2, -0.15) is 0 Å². The third-order valence-electron chi connectivity index (χ3n) is 4.63. The minimum Gasteiger partial charge on any atom is -0.480 e. The number of carbonyl (C=O) groups excluding carboxylic acids is 2. The highest BCUT2D eigenvalue weighted by atomic mass is 16.6. The molecule has 0 aliphatic carbocycles. The number of aromatic nitrogens is 1. The molecule has 2 amide bonds. The molecule has 8 nitrogen and oxygen atoms in total. The molecule has 0 bridgehead atoms. The lowest BCUT2D eigenvalue weighted by atomic mass is 10.0. The molecule has 0 saturated carbocycles. The van der Waals surface area contributed by atoms with Gasteiger partial charge in [0.05, 0.1) is 0 Å². The van der Waals surface area contributed by atoms with Crippen LogP contribution in [-0.2, 0) is 20.7 Å². The van der Waals surface area contributed by atoms with Crippen LogP contribution in [0.5, 0.6) is 0 Å². The van der Waals surface area contributed by atoms with Crippen LogP contribution in [0.15, 0.2) is 30.5 Å². The number of aliphatic carboxylic acids is 1. The first-order valence-corrected chi connectivity index (χ1v) is 9.21. The fourth-order valence-electron chi connectivity index (χ4n) is 3.40. The molecule has 2 aromatic rings. The lowest BCUT2D eigenvalue weighted by molar-refractivity contribution is -0.149. The molecule has 1 aromatic carbocycles. The number of hydrogen-bond donors (Lipinski definition) is 2. The number of nitrogens with zero attached hydrogens (tertiary/aromatic N) is 2. The van der Waals surface area contributed by atoms with Crippen molar-refractivity contribution in [3.05, 3.63) is 36.0 Å². The second-order valence-corrected chi connectivity index (χ2v) is 7.91. The van der Waals surface area contributed by atoms with Crippen molar-refractivity contribution in [1.82, 2.24) is 14.8 Å². The summed E-state index contributed by atoms with van der Waals surface area (Å²) in [4.78, 5) is 42.7. The number of aromatic amines is 1. The maximum absolute atomic E-state index is 13.0. The van der Waals surface area contributed by atoms with Crippen LogP contribution in [0, 0.1) is 0 Å². The van der Waals surface area contributed by atoms with Gasteiger partial charge in [0.1, 0.15) is 18.2 Å². The van der Waals surface area contributed by atoms with Gasteiger partial charge < -0.3 is 19.7 Å². The molecule has 3 rings (SSSR count). The van der Waals surface area contributed by atoms with Crippen molar-refractivity contribution >= 4 is 28.9 Å². The van der Waals surface area contributed by atoms with Gasteiger partial charge in [-0.1, -0.05) is 18.2 Å². The van der Waals surface area contributed by atoms with E-state index >= 15 is 0 Å². The van der Waals surface area contributed by atoms with Crippen molar-refractivity contribution in [3.63, 3.8) is 0 Å². The van der Waals surface area contributed by atoms with E-state index in [-0.39, 0.29) is 32.0 Å². The fraction of sp³-hybridized carbons (Fsp3) is 0.450. The Morgan fingerprint density at radius 3 is 2.64 bits per heavy atom. The molecular weight excluding hydrogens is 362 g/mol. The number of para-hydroxylation sites is 1. The molecule has 0 unspecified atom stereocenters. The Bertz CT molecular complexity index is 899. The number of carbonyl (C=O) groups is 3. The summed E-state index contributed by atoms with van der Waals surface area (Å²) in [7, 11) is 0. The molecule has 2 heterocycles. The van der Waals surface area contributed by atoms with Crippen LogP contribution >= 0.6 is 0 Å². The van der Waals surface area contributed by atoms with Gasteiger partial charge in [-0.15, -0.1) is 0 Å². The summed E-state index contributed by atoms with van der Waals surface area (Å²) < 4.78 is 5.47. The third-order valence-corrected chi connectivity index (χ3v) is 4.63. The molecule has 0 radical (unpaired) electrons. The number of fused-ring (bicyclic) bond motifs is 1. The average Bonchev–Trinajstić information content (AvgIpc) is 2.99. The zero-order valence-corrected chi connectivity index (χ0v) is 16.3. The highest BCUT2D eigenvalue weighted by Crippen LogP contribution is 2.24. The number of benzene rings is 1. The van der Waals surface area contributed by atoms with E-state index in [2.05, 4.69) is 4.98 Å². The standard InChI is InChI=1S/C20H25N3O5/c1-20(2,3)28-19(27)23-9-8-22(12-17(24)25)18(26)16(23)10-13-11-21-15-7-5-4-6-14(13)15/h4-7,11,16,21H,8-10,12H2,1-3H3,(H,24,25)/t16-/m0/s1.